The predicted molar refractivity (Wildman–Crippen MR) is 74.8 cm³/mol. The summed E-state index contributed by atoms with van der Waals surface area (Å²) in [4.78, 5) is 16.5. The first-order chi connectivity index (χ1) is 9.67. The lowest BCUT2D eigenvalue weighted by Gasteiger charge is -2.41. The fourth-order valence-electron chi connectivity index (χ4n) is 3.33. The Morgan fingerprint density at radius 3 is 3.20 bits per heavy atom. The Bertz CT molecular complexity index is 487. The largest absolute Gasteiger partial charge is 0.467 e. The number of nitrogens with one attached hydrogen (secondary N) is 1. The second-order valence-corrected chi connectivity index (χ2v) is 5.84. The summed E-state index contributed by atoms with van der Waals surface area (Å²) >= 11 is 0. The van der Waals surface area contributed by atoms with E-state index in [2.05, 4.69) is 22.1 Å². The number of hydrogen-bond donors (Lipinski definition) is 2. The average Bonchev–Trinajstić information content (AvgIpc) is 3.07. The second kappa shape index (κ2) is 5.55. The minimum atomic E-state index is -0.311. The minimum absolute atomic E-state index is 0.311. The number of hydrogen-bond acceptors (Lipinski definition) is 5. The molecule has 0 aromatic carbocycles. The lowest BCUT2D eigenvalue weighted by Crippen LogP contribution is -2.54. The molecular weight excluding hydrogens is 256 g/mol. The molecule has 0 bridgehead atoms. The van der Waals surface area contributed by atoms with Gasteiger partial charge < -0.3 is 4.42 Å². The van der Waals surface area contributed by atoms with Gasteiger partial charge in [0, 0.05) is 25.2 Å². The zero-order valence-corrected chi connectivity index (χ0v) is 11.8. The van der Waals surface area contributed by atoms with Gasteiger partial charge in [-0.1, -0.05) is 0 Å². The van der Waals surface area contributed by atoms with E-state index >= 15 is 0 Å². The van der Waals surface area contributed by atoms with Crippen LogP contribution in [0.5, 0.6) is 0 Å². The molecule has 1 aromatic heterocycles. The highest BCUT2D eigenvalue weighted by Crippen LogP contribution is 2.26. The third-order valence-corrected chi connectivity index (χ3v) is 4.47. The normalized spacial score (nSPS) is 27.5. The van der Waals surface area contributed by atoms with Crippen LogP contribution in [0.3, 0.4) is 0 Å². The Morgan fingerprint density at radius 1 is 1.55 bits per heavy atom. The summed E-state index contributed by atoms with van der Waals surface area (Å²) in [6, 6.07) is 2.98. The van der Waals surface area contributed by atoms with Gasteiger partial charge in [-0.2, -0.15) is 0 Å². The summed E-state index contributed by atoms with van der Waals surface area (Å²) < 4.78 is 5.48. The number of nitrogen functional groups attached to an aromatic ring is 1. The van der Waals surface area contributed by atoms with Crippen LogP contribution in [-0.2, 0) is 6.54 Å². The van der Waals surface area contributed by atoms with Crippen molar-refractivity contribution in [2.24, 2.45) is 5.84 Å². The van der Waals surface area contributed by atoms with Crippen LogP contribution in [0, 0.1) is 0 Å². The summed E-state index contributed by atoms with van der Waals surface area (Å²) in [6.07, 6.45) is 4.07. The Labute approximate surface area is 118 Å². The molecular formula is C14H22N4O2. The molecule has 0 aliphatic carbocycles. The number of fused-ring (bicyclic) bond motifs is 1. The van der Waals surface area contributed by atoms with Crippen LogP contribution in [-0.4, -0.2) is 47.4 Å². The van der Waals surface area contributed by atoms with Crippen LogP contribution in [0.4, 0.5) is 0 Å². The average molecular weight is 278 g/mol. The fourth-order valence-corrected chi connectivity index (χ4v) is 3.33. The van der Waals surface area contributed by atoms with Gasteiger partial charge in [-0.3, -0.25) is 20.0 Å². The Balaban J connectivity index is 1.65. The van der Waals surface area contributed by atoms with E-state index in [0.717, 1.165) is 25.4 Å². The molecule has 3 heterocycles. The van der Waals surface area contributed by atoms with E-state index in [1.54, 1.807) is 6.07 Å². The van der Waals surface area contributed by atoms with Crippen LogP contribution in [0.1, 0.15) is 35.9 Å². The van der Waals surface area contributed by atoms with Crippen molar-refractivity contribution in [1.82, 2.24) is 15.2 Å². The number of carbonyl (C=O) groups is 1. The van der Waals surface area contributed by atoms with Gasteiger partial charge in [-0.05, 0) is 32.4 Å². The number of furan rings is 1. The van der Waals surface area contributed by atoms with E-state index in [1.807, 2.05) is 0 Å². The van der Waals surface area contributed by atoms with E-state index in [4.69, 9.17) is 10.3 Å². The lowest BCUT2D eigenvalue weighted by molar-refractivity contribution is 0.0494. The van der Waals surface area contributed by atoms with Crippen molar-refractivity contribution in [1.29, 1.82) is 0 Å². The molecule has 0 saturated carbocycles. The van der Waals surface area contributed by atoms with Crippen molar-refractivity contribution in [2.75, 3.05) is 19.6 Å². The molecule has 3 N–H and O–H groups in total. The van der Waals surface area contributed by atoms with E-state index in [9.17, 15) is 4.79 Å². The molecule has 0 radical (unpaired) electrons. The molecule has 2 atom stereocenters. The summed E-state index contributed by atoms with van der Waals surface area (Å²) in [7, 11) is 0. The van der Waals surface area contributed by atoms with Gasteiger partial charge in [0.2, 0.25) is 0 Å². The van der Waals surface area contributed by atoms with Gasteiger partial charge in [-0.25, -0.2) is 5.84 Å². The van der Waals surface area contributed by atoms with Gasteiger partial charge >= 0.3 is 0 Å². The van der Waals surface area contributed by atoms with Gasteiger partial charge in [0.25, 0.3) is 5.91 Å². The molecule has 6 heteroatoms. The molecule has 20 heavy (non-hydrogen) atoms. The smallest absolute Gasteiger partial charge is 0.268 e. The van der Waals surface area contributed by atoms with Gasteiger partial charge in [0.1, 0.15) is 12.0 Å². The third kappa shape index (κ3) is 2.59. The maximum Gasteiger partial charge on any atom is 0.268 e. The first-order valence-corrected chi connectivity index (χ1v) is 7.24. The van der Waals surface area contributed by atoms with E-state index < -0.39 is 0 Å². The summed E-state index contributed by atoms with van der Waals surface area (Å²) in [5.41, 5.74) is 2.60. The maximum absolute atomic E-state index is 11.4. The molecule has 2 aliphatic rings. The SMILES string of the molecule is CC1CN2CCCC2CN1Cc1cc(C(=O)NN)co1. The quantitative estimate of drug-likeness (QED) is 0.480. The first kappa shape index (κ1) is 13.6. The van der Waals surface area contributed by atoms with Crippen LogP contribution in [0.25, 0.3) is 0 Å². The van der Waals surface area contributed by atoms with E-state index in [0.29, 0.717) is 17.6 Å². The number of carbonyl (C=O) groups excluding carboxylic acids is 1. The lowest BCUT2D eigenvalue weighted by atomic mass is 10.1. The van der Waals surface area contributed by atoms with Crippen LogP contribution >= 0.6 is 0 Å². The number of rotatable bonds is 3. The van der Waals surface area contributed by atoms with Crippen LogP contribution in [0.2, 0.25) is 0 Å². The summed E-state index contributed by atoms with van der Waals surface area (Å²) in [5, 5.41) is 0. The monoisotopic (exact) mass is 278 g/mol. The highest BCUT2D eigenvalue weighted by Gasteiger charge is 2.34. The molecule has 1 amide bonds. The van der Waals surface area contributed by atoms with Crippen molar-refractivity contribution in [3.05, 3.63) is 23.7 Å². The van der Waals surface area contributed by atoms with E-state index in [1.165, 1.54) is 25.6 Å². The van der Waals surface area contributed by atoms with Crippen molar-refractivity contribution in [3.8, 4) is 0 Å². The zero-order chi connectivity index (χ0) is 14.1. The minimum Gasteiger partial charge on any atom is -0.467 e. The van der Waals surface area contributed by atoms with Crippen molar-refractivity contribution in [3.63, 3.8) is 0 Å². The number of amides is 1. The number of nitrogens with two attached hydrogens (primary N) is 1. The third-order valence-electron chi connectivity index (χ3n) is 4.47. The molecule has 2 saturated heterocycles. The molecule has 2 unspecified atom stereocenters. The molecule has 3 rings (SSSR count). The molecule has 110 valence electrons. The highest BCUT2D eigenvalue weighted by molar-refractivity contribution is 5.93. The Morgan fingerprint density at radius 2 is 2.40 bits per heavy atom. The molecule has 2 aliphatic heterocycles. The molecule has 2 fully saturated rings. The van der Waals surface area contributed by atoms with Gasteiger partial charge in [-0.15, -0.1) is 0 Å². The maximum atomic E-state index is 11.4. The predicted octanol–water partition coefficient (Wildman–Crippen LogP) is 0.552. The highest BCUT2D eigenvalue weighted by atomic mass is 16.3. The molecule has 1 aromatic rings. The summed E-state index contributed by atoms with van der Waals surface area (Å²) in [5.74, 6) is 5.63. The molecule has 6 nitrogen and oxygen atoms in total. The number of nitrogens with zero attached hydrogens (tertiary/aromatic N) is 2. The fraction of sp³-hybridized carbons (Fsp3) is 0.643. The Kier molecular flexibility index (Phi) is 3.78. The van der Waals surface area contributed by atoms with Crippen LogP contribution < -0.4 is 11.3 Å². The van der Waals surface area contributed by atoms with Crippen molar-refractivity contribution in [2.45, 2.75) is 38.4 Å². The number of hydrazine groups is 1. The van der Waals surface area contributed by atoms with Crippen molar-refractivity contribution >= 4 is 5.91 Å². The first-order valence-electron chi connectivity index (χ1n) is 7.24. The zero-order valence-electron chi connectivity index (χ0n) is 11.8. The van der Waals surface area contributed by atoms with Gasteiger partial charge in [0.15, 0.2) is 0 Å². The number of piperazine rings is 1. The van der Waals surface area contributed by atoms with Gasteiger partial charge in [0.05, 0.1) is 12.1 Å². The standard InChI is InChI=1S/C14H22N4O2/c1-10-6-17-4-2-3-12(17)7-18(10)8-13-5-11(9-20-13)14(19)16-15/h5,9-10,12H,2-4,6-8,15H2,1H3,(H,16,19). The van der Waals surface area contributed by atoms with Crippen LogP contribution in [0.15, 0.2) is 16.7 Å². The topological polar surface area (TPSA) is 74.7 Å². The summed E-state index contributed by atoms with van der Waals surface area (Å²) in [6.45, 7) is 6.46. The van der Waals surface area contributed by atoms with E-state index in [-0.39, 0.29) is 5.91 Å². The molecule has 0 spiro atoms. The second-order valence-electron chi connectivity index (χ2n) is 5.84. The Hall–Kier alpha value is -1.37. The van der Waals surface area contributed by atoms with Crippen molar-refractivity contribution < 1.29 is 9.21 Å².